The summed E-state index contributed by atoms with van der Waals surface area (Å²) in [5.74, 6) is -1.89. The van der Waals surface area contributed by atoms with Crippen LogP contribution in [0.1, 0.15) is 12.3 Å². The summed E-state index contributed by atoms with van der Waals surface area (Å²) in [4.78, 5) is 13.8. The van der Waals surface area contributed by atoms with Crippen molar-refractivity contribution in [1.29, 1.82) is 0 Å². The zero-order valence-corrected chi connectivity index (χ0v) is 12.0. The average Bonchev–Trinajstić information content (AvgIpc) is 2.95. The molecule has 2 heterocycles. The lowest BCUT2D eigenvalue weighted by molar-refractivity contribution is -0.383. The van der Waals surface area contributed by atoms with Crippen LogP contribution in [0.25, 0.3) is 11.4 Å². The highest BCUT2D eigenvalue weighted by Gasteiger charge is 2.38. The van der Waals surface area contributed by atoms with Gasteiger partial charge in [-0.15, -0.1) is 0 Å². The van der Waals surface area contributed by atoms with Crippen LogP contribution < -0.4 is 5.32 Å². The predicted molar refractivity (Wildman–Crippen MR) is 74.2 cm³/mol. The molecule has 1 aromatic carbocycles. The number of hydrogen-bond acceptors (Lipinski definition) is 7. The van der Waals surface area contributed by atoms with Crippen molar-refractivity contribution in [2.45, 2.75) is 18.7 Å². The van der Waals surface area contributed by atoms with Crippen LogP contribution in [0.15, 0.2) is 22.7 Å². The summed E-state index contributed by atoms with van der Waals surface area (Å²) in [5, 5.41) is 17.3. The third-order valence-electron chi connectivity index (χ3n) is 3.43. The van der Waals surface area contributed by atoms with Crippen molar-refractivity contribution in [3.63, 3.8) is 0 Å². The molecule has 128 valence electrons. The van der Waals surface area contributed by atoms with Gasteiger partial charge in [0.05, 0.1) is 11.0 Å². The Morgan fingerprint density at radius 3 is 2.71 bits per heavy atom. The number of aromatic nitrogens is 2. The molecular weight excluding hydrogens is 333 g/mol. The maximum Gasteiger partial charge on any atom is 0.471 e. The molecule has 1 fully saturated rings. The van der Waals surface area contributed by atoms with E-state index < -0.39 is 17.0 Å². The molecule has 1 saturated heterocycles. The van der Waals surface area contributed by atoms with E-state index in [1.54, 1.807) is 0 Å². The second-order valence-electron chi connectivity index (χ2n) is 5.07. The molecule has 0 amide bonds. The molecular formula is C13H11F3N4O4. The monoisotopic (exact) mass is 344 g/mol. The molecule has 0 radical (unpaired) electrons. The Morgan fingerprint density at radius 2 is 2.17 bits per heavy atom. The van der Waals surface area contributed by atoms with Gasteiger partial charge in [0.25, 0.3) is 5.69 Å². The van der Waals surface area contributed by atoms with Crippen LogP contribution >= 0.6 is 0 Å². The minimum Gasteiger partial charge on any atom is -0.377 e. The van der Waals surface area contributed by atoms with E-state index in [0.717, 1.165) is 12.5 Å². The molecule has 3 rings (SSSR count). The van der Waals surface area contributed by atoms with E-state index in [0.29, 0.717) is 13.2 Å². The first-order valence-electron chi connectivity index (χ1n) is 6.90. The summed E-state index contributed by atoms with van der Waals surface area (Å²) in [6.45, 7) is 1.06. The van der Waals surface area contributed by atoms with Crippen molar-refractivity contribution in [2.24, 2.45) is 0 Å². The summed E-state index contributed by atoms with van der Waals surface area (Å²) >= 11 is 0. The maximum absolute atomic E-state index is 12.5. The highest BCUT2D eigenvalue weighted by atomic mass is 19.4. The van der Waals surface area contributed by atoms with Gasteiger partial charge in [0.15, 0.2) is 0 Å². The molecule has 1 atom stereocenters. The van der Waals surface area contributed by atoms with Crippen molar-refractivity contribution in [1.82, 2.24) is 10.1 Å². The van der Waals surface area contributed by atoms with Gasteiger partial charge in [-0.05, 0) is 18.6 Å². The molecule has 24 heavy (non-hydrogen) atoms. The van der Waals surface area contributed by atoms with E-state index in [2.05, 4.69) is 20.0 Å². The second-order valence-corrected chi connectivity index (χ2v) is 5.07. The number of hydrogen-bond donors (Lipinski definition) is 1. The van der Waals surface area contributed by atoms with Crippen molar-refractivity contribution in [2.75, 3.05) is 18.5 Å². The summed E-state index contributed by atoms with van der Waals surface area (Å²) in [6, 6.07) is 3.85. The van der Waals surface area contributed by atoms with Crippen LogP contribution in [0.2, 0.25) is 0 Å². The third-order valence-corrected chi connectivity index (χ3v) is 3.43. The molecule has 2 aromatic rings. The van der Waals surface area contributed by atoms with E-state index >= 15 is 0 Å². The lowest BCUT2D eigenvalue weighted by Gasteiger charge is -2.26. The van der Waals surface area contributed by atoms with E-state index in [1.807, 2.05) is 0 Å². The van der Waals surface area contributed by atoms with Crippen molar-refractivity contribution < 1.29 is 27.4 Å². The number of rotatable bonds is 5. The number of nitro benzene ring substituents is 1. The molecule has 1 aromatic heterocycles. The fourth-order valence-corrected chi connectivity index (χ4v) is 2.10. The molecule has 0 aliphatic carbocycles. The molecule has 11 heteroatoms. The van der Waals surface area contributed by atoms with Crippen molar-refractivity contribution in [3.8, 4) is 11.4 Å². The number of nitrogens with zero attached hydrogens (tertiary/aromatic N) is 3. The standard InChI is InChI=1S/C13H11F3N4O4/c14-13(15,16)12-18-11(19-24-12)7-1-2-9(10(5-7)20(21)22)17-6-8-3-4-23-8/h1-2,5,8,17H,3-4,6H2. The zero-order valence-electron chi connectivity index (χ0n) is 12.0. The summed E-state index contributed by atoms with van der Waals surface area (Å²) in [7, 11) is 0. The number of nitrogens with one attached hydrogen (secondary N) is 1. The first-order valence-corrected chi connectivity index (χ1v) is 6.90. The Kier molecular flexibility index (Phi) is 4.09. The molecule has 0 bridgehead atoms. The average molecular weight is 344 g/mol. The smallest absolute Gasteiger partial charge is 0.377 e. The van der Waals surface area contributed by atoms with Gasteiger partial charge in [-0.25, -0.2) is 0 Å². The number of benzene rings is 1. The van der Waals surface area contributed by atoms with Crippen LogP contribution in [0.3, 0.4) is 0 Å². The number of alkyl halides is 3. The van der Waals surface area contributed by atoms with Crippen LogP contribution in [0.4, 0.5) is 24.5 Å². The molecule has 1 N–H and O–H groups in total. The summed E-state index contributed by atoms with van der Waals surface area (Å²) in [6.07, 6.45) is -3.92. The molecule has 8 nitrogen and oxygen atoms in total. The highest BCUT2D eigenvalue weighted by Crippen LogP contribution is 2.32. The van der Waals surface area contributed by atoms with Gasteiger partial charge in [-0.2, -0.15) is 18.2 Å². The number of anilines is 1. The number of nitro groups is 1. The lowest BCUT2D eigenvalue weighted by atomic mass is 10.1. The Morgan fingerprint density at radius 1 is 1.42 bits per heavy atom. The van der Waals surface area contributed by atoms with Gasteiger partial charge in [0.2, 0.25) is 5.82 Å². The van der Waals surface area contributed by atoms with Crippen molar-refractivity contribution >= 4 is 11.4 Å². The van der Waals surface area contributed by atoms with E-state index in [-0.39, 0.29) is 28.9 Å². The lowest BCUT2D eigenvalue weighted by Crippen LogP contribution is -2.33. The second kappa shape index (κ2) is 6.07. The Labute approximate surface area is 132 Å². The quantitative estimate of drug-likeness (QED) is 0.657. The van der Waals surface area contributed by atoms with Crippen molar-refractivity contribution in [3.05, 3.63) is 34.2 Å². The van der Waals surface area contributed by atoms with Crippen LogP contribution in [0.5, 0.6) is 0 Å². The fourth-order valence-electron chi connectivity index (χ4n) is 2.10. The predicted octanol–water partition coefficient (Wildman–Crippen LogP) is 2.86. The molecule has 1 unspecified atom stereocenters. The Balaban J connectivity index is 1.85. The highest BCUT2D eigenvalue weighted by molar-refractivity contribution is 5.70. The number of ether oxygens (including phenoxy) is 1. The molecule has 0 saturated carbocycles. The Bertz CT molecular complexity index is 758. The first kappa shape index (κ1) is 16.2. The van der Waals surface area contributed by atoms with Crippen LogP contribution in [0, 0.1) is 10.1 Å². The molecule has 1 aliphatic rings. The van der Waals surface area contributed by atoms with E-state index in [9.17, 15) is 23.3 Å². The Hall–Kier alpha value is -2.69. The van der Waals surface area contributed by atoms with Gasteiger partial charge in [0, 0.05) is 24.8 Å². The maximum atomic E-state index is 12.5. The SMILES string of the molecule is O=[N+]([O-])c1cc(-c2noc(C(F)(F)F)n2)ccc1NCC1CCO1. The zero-order chi connectivity index (χ0) is 17.3. The third kappa shape index (κ3) is 3.30. The fraction of sp³-hybridized carbons (Fsp3) is 0.385. The topological polar surface area (TPSA) is 103 Å². The summed E-state index contributed by atoms with van der Waals surface area (Å²) < 4.78 is 46.8. The van der Waals surface area contributed by atoms with Gasteiger partial charge in [-0.1, -0.05) is 5.16 Å². The van der Waals surface area contributed by atoms with Gasteiger partial charge >= 0.3 is 12.1 Å². The van der Waals surface area contributed by atoms with Crippen LogP contribution in [-0.4, -0.2) is 34.3 Å². The van der Waals surface area contributed by atoms with Crippen LogP contribution in [-0.2, 0) is 10.9 Å². The van der Waals surface area contributed by atoms with Gasteiger partial charge < -0.3 is 14.6 Å². The minimum atomic E-state index is -4.78. The largest absolute Gasteiger partial charge is 0.471 e. The summed E-state index contributed by atoms with van der Waals surface area (Å²) in [5.41, 5.74) is -0.0182. The van der Waals surface area contributed by atoms with Gasteiger partial charge in [-0.3, -0.25) is 10.1 Å². The molecule has 0 spiro atoms. The minimum absolute atomic E-state index is 0.00386. The van der Waals surface area contributed by atoms with E-state index in [4.69, 9.17) is 4.74 Å². The van der Waals surface area contributed by atoms with E-state index in [1.165, 1.54) is 12.1 Å². The normalized spacial score (nSPS) is 17.4. The first-order chi connectivity index (χ1) is 11.3. The van der Waals surface area contributed by atoms with Gasteiger partial charge in [0.1, 0.15) is 5.69 Å². The molecule has 1 aliphatic heterocycles. The number of halogens is 3.